The fraction of sp³-hybridized carbons (Fsp3) is 0.143. The monoisotopic (exact) mass is 362 g/mol. The predicted molar refractivity (Wildman–Crippen MR) is 103 cm³/mol. The largest absolute Gasteiger partial charge is 0.508 e. The molecule has 0 spiro atoms. The second-order valence-electron chi connectivity index (χ2n) is 6.48. The van der Waals surface area contributed by atoms with Gasteiger partial charge >= 0.3 is 5.63 Å². The maximum atomic E-state index is 12.4. The SMILES string of the molecule is Cc1cc(O)c(C2=Nc3ccccc3N[C@H](c3cccc(O)c3)C2)c(=O)o1. The van der Waals surface area contributed by atoms with Gasteiger partial charge < -0.3 is 19.9 Å². The van der Waals surface area contributed by atoms with Crippen LogP contribution >= 0.6 is 0 Å². The van der Waals surface area contributed by atoms with E-state index < -0.39 is 5.63 Å². The third kappa shape index (κ3) is 3.29. The molecule has 4 rings (SSSR count). The molecule has 2 heterocycles. The molecule has 0 bridgehead atoms. The van der Waals surface area contributed by atoms with Crippen LogP contribution in [-0.2, 0) is 0 Å². The van der Waals surface area contributed by atoms with Crippen molar-refractivity contribution in [3.63, 3.8) is 0 Å². The van der Waals surface area contributed by atoms with Gasteiger partial charge in [0.25, 0.3) is 0 Å². The number of aryl methyl sites for hydroxylation is 1. The maximum Gasteiger partial charge on any atom is 0.348 e. The number of phenolic OH excluding ortho intramolecular Hbond substituents is 1. The number of phenols is 1. The van der Waals surface area contributed by atoms with Crippen molar-refractivity contribution in [1.29, 1.82) is 0 Å². The minimum Gasteiger partial charge on any atom is -0.508 e. The first kappa shape index (κ1) is 16.9. The zero-order valence-electron chi connectivity index (χ0n) is 14.6. The van der Waals surface area contributed by atoms with Gasteiger partial charge in [-0.2, -0.15) is 0 Å². The Morgan fingerprint density at radius 2 is 1.93 bits per heavy atom. The lowest BCUT2D eigenvalue weighted by atomic mass is 9.97. The summed E-state index contributed by atoms with van der Waals surface area (Å²) >= 11 is 0. The van der Waals surface area contributed by atoms with Gasteiger partial charge in [0.15, 0.2) is 0 Å². The van der Waals surface area contributed by atoms with E-state index in [2.05, 4.69) is 10.3 Å². The molecule has 2 aromatic carbocycles. The summed E-state index contributed by atoms with van der Waals surface area (Å²) in [7, 11) is 0. The molecule has 0 unspecified atom stereocenters. The molecule has 1 aliphatic rings. The molecule has 6 heteroatoms. The average Bonchev–Trinajstić information content (AvgIpc) is 2.80. The molecule has 0 amide bonds. The molecule has 6 nitrogen and oxygen atoms in total. The van der Waals surface area contributed by atoms with Crippen LogP contribution in [-0.4, -0.2) is 15.9 Å². The number of rotatable bonds is 2. The van der Waals surface area contributed by atoms with Crippen molar-refractivity contribution in [3.05, 3.63) is 81.9 Å². The first-order chi connectivity index (χ1) is 13.0. The number of anilines is 1. The first-order valence-corrected chi connectivity index (χ1v) is 8.57. The Morgan fingerprint density at radius 3 is 2.70 bits per heavy atom. The number of fused-ring (bicyclic) bond motifs is 1. The highest BCUT2D eigenvalue weighted by Crippen LogP contribution is 2.36. The second-order valence-corrected chi connectivity index (χ2v) is 6.48. The molecule has 0 aliphatic carbocycles. The van der Waals surface area contributed by atoms with Crippen LogP contribution in [0.1, 0.15) is 29.3 Å². The molecule has 27 heavy (non-hydrogen) atoms. The van der Waals surface area contributed by atoms with Crippen molar-refractivity contribution in [2.45, 2.75) is 19.4 Å². The van der Waals surface area contributed by atoms with Gasteiger partial charge in [0.1, 0.15) is 22.8 Å². The van der Waals surface area contributed by atoms with Gasteiger partial charge in [-0.15, -0.1) is 0 Å². The molecular weight excluding hydrogens is 344 g/mol. The number of para-hydroxylation sites is 2. The van der Waals surface area contributed by atoms with E-state index in [9.17, 15) is 15.0 Å². The van der Waals surface area contributed by atoms with Crippen LogP contribution in [0.25, 0.3) is 0 Å². The summed E-state index contributed by atoms with van der Waals surface area (Å²) in [5, 5.41) is 23.6. The second kappa shape index (κ2) is 6.64. The molecule has 3 aromatic rings. The molecule has 1 aliphatic heterocycles. The highest BCUT2D eigenvalue weighted by molar-refractivity contribution is 6.05. The summed E-state index contributed by atoms with van der Waals surface area (Å²) in [6, 6.07) is 15.6. The topological polar surface area (TPSA) is 95.1 Å². The molecule has 3 N–H and O–H groups in total. The smallest absolute Gasteiger partial charge is 0.348 e. The maximum absolute atomic E-state index is 12.4. The van der Waals surface area contributed by atoms with Gasteiger partial charge in [0.2, 0.25) is 0 Å². The van der Waals surface area contributed by atoms with Crippen molar-refractivity contribution < 1.29 is 14.6 Å². The number of hydrogen-bond donors (Lipinski definition) is 3. The van der Waals surface area contributed by atoms with Gasteiger partial charge in [-0.1, -0.05) is 24.3 Å². The first-order valence-electron chi connectivity index (χ1n) is 8.57. The molecule has 0 saturated carbocycles. The Kier molecular flexibility index (Phi) is 4.16. The Bertz CT molecular complexity index is 1100. The summed E-state index contributed by atoms with van der Waals surface area (Å²) in [6.45, 7) is 1.60. The fourth-order valence-corrected chi connectivity index (χ4v) is 3.28. The third-order valence-electron chi connectivity index (χ3n) is 4.50. The summed E-state index contributed by atoms with van der Waals surface area (Å²) in [5.41, 5.74) is 2.17. The quantitative estimate of drug-likeness (QED) is 0.639. The van der Waals surface area contributed by atoms with E-state index in [1.807, 2.05) is 30.3 Å². The number of benzene rings is 2. The van der Waals surface area contributed by atoms with Gasteiger partial charge in [-0.3, -0.25) is 4.99 Å². The van der Waals surface area contributed by atoms with E-state index in [4.69, 9.17) is 4.42 Å². The lowest BCUT2D eigenvalue weighted by Crippen LogP contribution is -2.19. The minimum atomic E-state index is -0.625. The van der Waals surface area contributed by atoms with Crippen LogP contribution in [0.2, 0.25) is 0 Å². The highest BCUT2D eigenvalue weighted by atomic mass is 16.4. The number of hydrogen-bond acceptors (Lipinski definition) is 6. The number of aliphatic imine (C=N–C) groups is 1. The van der Waals surface area contributed by atoms with Crippen molar-refractivity contribution in [2.24, 2.45) is 4.99 Å². The van der Waals surface area contributed by atoms with Crippen molar-refractivity contribution in [2.75, 3.05) is 5.32 Å². The molecule has 1 aromatic heterocycles. The normalized spacial score (nSPS) is 16.0. The van der Waals surface area contributed by atoms with Crippen molar-refractivity contribution >= 4 is 17.1 Å². The van der Waals surface area contributed by atoms with Crippen LogP contribution in [0.4, 0.5) is 11.4 Å². The Balaban J connectivity index is 1.88. The fourth-order valence-electron chi connectivity index (χ4n) is 3.28. The van der Waals surface area contributed by atoms with Gasteiger partial charge in [-0.05, 0) is 36.8 Å². The van der Waals surface area contributed by atoms with Gasteiger partial charge in [0, 0.05) is 12.5 Å². The molecule has 136 valence electrons. The van der Waals surface area contributed by atoms with Gasteiger partial charge in [0.05, 0.1) is 23.1 Å². The van der Waals surface area contributed by atoms with E-state index in [-0.39, 0.29) is 23.1 Å². The van der Waals surface area contributed by atoms with Crippen LogP contribution in [0.3, 0.4) is 0 Å². The standard InChI is InChI=1S/C21H18N2O4/c1-12-9-19(25)20(21(26)27-12)18-11-17(13-5-4-6-14(24)10-13)22-15-7-2-3-8-16(15)23-18/h2-10,17,22,24-25H,11H2,1H3/t17-/m0/s1. The number of aromatic hydroxyl groups is 2. The van der Waals surface area contributed by atoms with E-state index in [0.717, 1.165) is 11.3 Å². The Labute approximate surface area is 155 Å². The van der Waals surface area contributed by atoms with E-state index in [1.54, 1.807) is 25.1 Å². The molecule has 1 atom stereocenters. The molecule has 0 fully saturated rings. The highest BCUT2D eigenvalue weighted by Gasteiger charge is 2.25. The zero-order chi connectivity index (χ0) is 19.0. The summed E-state index contributed by atoms with van der Waals surface area (Å²) < 4.78 is 5.17. The minimum absolute atomic E-state index is 0.0595. The summed E-state index contributed by atoms with van der Waals surface area (Å²) in [4.78, 5) is 17.0. The Morgan fingerprint density at radius 1 is 1.11 bits per heavy atom. The third-order valence-corrected chi connectivity index (χ3v) is 4.50. The van der Waals surface area contributed by atoms with Crippen LogP contribution < -0.4 is 10.9 Å². The average molecular weight is 362 g/mol. The van der Waals surface area contributed by atoms with Crippen LogP contribution in [0.5, 0.6) is 11.5 Å². The summed E-state index contributed by atoms with van der Waals surface area (Å²) in [6.07, 6.45) is 0.333. The van der Waals surface area contributed by atoms with Crippen molar-refractivity contribution in [3.8, 4) is 11.5 Å². The van der Waals surface area contributed by atoms with E-state index >= 15 is 0 Å². The van der Waals surface area contributed by atoms with E-state index in [1.165, 1.54) is 6.07 Å². The van der Waals surface area contributed by atoms with E-state index in [0.29, 0.717) is 23.6 Å². The Hall–Kier alpha value is -3.54. The molecule has 0 radical (unpaired) electrons. The van der Waals surface area contributed by atoms with Crippen molar-refractivity contribution in [1.82, 2.24) is 0 Å². The number of nitrogens with zero attached hydrogens (tertiary/aromatic N) is 1. The molecular formula is C21H18N2O4. The predicted octanol–water partition coefficient (Wildman–Crippen LogP) is 4.04. The number of nitrogens with one attached hydrogen (secondary N) is 1. The van der Waals surface area contributed by atoms with Crippen LogP contribution in [0, 0.1) is 6.92 Å². The van der Waals surface area contributed by atoms with Gasteiger partial charge in [-0.25, -0.2) is 4.79 Å². The lowest BCUT2D eigenvalue weighted by molar-refractivity contribution is 0.432. The molecule has 0 saturated heterocycles. The van der Waals surface area contributed by atoms with Crippen LogP contribution in [0.15, 0.2) is 68.8 Å². The summed E-state index contributed by atoms with van der Waals surface area (Å²) in [5.74, 6) is 0.332. The lowest BCUT2D eigenvalue weighted by Gasteiger charge is -2.19. The zero-order valence-corrected chi connectivity index (χ0v) is 14.6.